The highest BCUT2D eigenvalue weighted by Gasteiger charge is 2.39. The lowest BCUT2D eigenvalue weighted by atomic mass is 10.0. The second-order valence-corrected chi connectivity index (χ2v) is 8.43. The molecule has 3 heterocycles. The predicted octanol–water partition coefficient (Wildman–Crippen LogP) is 1.89. The van der Waals surface area contributed by atoms with Gasteiger partial charge in [-0.25, -0.2) is 0 Å². The molecule has 3 amide bonds. The molecule has 5 rings (SSSR count). The Bertz CT molecular complexity index is 1280. The molecular formula is C25H28N4O4. The first-order chi connectivity index (χ1) is 17.8. The molecule has 172 valence electrons. The zero-order chi connectivity index (χ0) is 26.3. The zero-order valence-electron chi connectivity index (χ0n) is 22.2. The summed E-state index contributed by atoms with van der Waals surface area (Å²) in [5.41, 5.74) is 2.85. The Kier molecular flexibility index (Phi) is 4.88. The molecule has 0 bridgehead atoms. The number of nitrogens with zero attached hydrogens (tertiary/aromatic N) is 2. The van der Waals surface area contributed by atoms with Gasteiger partial charge in [0.2, 0.25) is 11.8 Å². The second-order valence-electron chi connectivity index (χ2n) is 8.43. The van der Waals surface area contributed by atoms with Gasteiger partial charge in [0, 0.05) is 56.0 Å². The number of carbonyl (C=O) groups excluding carboxylic acids is 3. The van der Waals surface area contributed by atoms with Crippen LogP contribution >= 0.6 is 0 Å². The first-order valence-electron chi connectivity index (χ1n) is 13.1. The molecule has 1 atom stereocenters. The number of hydrogen-bond donors (Lipinski definition) is 2. The van der Waals surface area contributed by atoms with Crippen LogP contribution < -0.4 is 10.6 Å². The molecule has 2 fully saturated rings. The largest absolute Gasteiger partial charge is 0.381 e. The van der Waals surface area contributed by atoms with Crippen LogP contribution in [0.4, 0.5) is 5.69 Å². The molecule has 1 unspecified atom stereocenters. The van der Waals surface area contributed by atoms with Gasteiger partial charge in [-0.05, 0) is 29.7 Å². The molecule has 2 N–H and O–H groups in total. The van der Waals surface area contributed by atoms with E-state index in [-0.39, 0.29) is 61.9 Å². The van der Waals surface area contributed by atoms with E-state index < -0.39 is 11.9 Å². The number of morpholine rings is 1. The van der Waals surface area contributed by atoms with Crippen molar-refractivity contribution in [2.45, 2.75) is 38.5 Å². The highest BCUT2D eigenvalue weighted by molar-refractivity contribution is 6.06. The molecule has 3 aliphatic rings. The van der Waals surface area contributed by atoms with Crippen molar-refractivity contribution in [1.29, 1.82) is 0 Å². The summed E-state index contributed by atoms with van der Waals surface area (Å²) in [5.74, 6) is -1.09. The minimum absolute atomic E-state index is 0.0539. The van der Waals surface area contributed by atoms with Crippen LogP contribution in [-0.4, -0.2) is 59.9 Å². The van der Waals surface area contributed by atoms with Gasteiger partial charge < -0.3 is 15.0 Å². The van der Waals surface area contributed by atoms with Crippen LogP contribution in [0.5, 0.6) is 0 Å². The smallest absolute Gasteiger partial charge is 0.255 e. The molecule has 3 aliphatic heterocycles. The van der Waals surface area contributed by atoms with Crippen LogP contribution in [-0.2, 0) is 34.0 Å². The Labute approximate surface area is 198 Å². The van der Waals surface area contributed by atoms with E-state index in [4.69, 9.17) is 10.2 Å². The highest BCUT2D eigenvalue weighted by Crippen LogP contribution is 2.32. The molecule has 0 aromatic heterocycles. The van der Waals surface area contributed by atoms with Crippen molar-refractivity contribution >= 4 is 23.4 Å². The molecular weight excluding hydrogens is 420 g/mol. The Balaban J connectivity index is 1.40. The fraction of sp³-hybridized carbons (Fsp3) is 0.400. The SMILES string of the molecule is [2H]c1c([2H])c([2H])c(CN2CCOCC2)c(CNc2cccc3c2CN(C2CCC(=O)NC2=O)C3=O)c1[2H]. The third-order valence-corrected chi connectivity index (χ3v) is 6.38. The van der Waals surface area contributed by atoms with Crippen LogP contribution in [0.15, 0.2) is 42.4 Å². The van der Waals surface area contributed by atoms with E-state index in [1.54, 1.807) is 12.1 Å². The van der Waals surface area contributed by atoms with E-state index in [1.807, 2.05) is 6.07 Å². The Morgan fingerprint density at radius 3 is 2.70 bits per heavy atom. The van der Waals surface area contributed by atoms with Gasteiger partial charge in [0.05, 0.1) is 18.7 Å². The average molecular weight is 453 g/mol. The van der Waals surface area contributed by atoms with Crippen molar-refractivity contribution < 1.29 is 24.6 Å². The predicted molar refractivity (Wildman–Crippen MR) is 122 cm³/mol. The highest BCUT2D eigenvalue weighted by atomic mass is 16.5. The van der Waals surface area contributed by atoms with Gasteiger partial charge in [-0.1, -0.05) is 30.2 Å². The van der Waals surface area contributed by atoms with Crippen molar-refractivity contribution in [3.63, 3.8) is 0 Å². The fourth-order valence-electron chi connectivity index (χ4n) is 4.57. The summed E-state index contributed by atoms with van der Waals surface area (Å²) >= 11 is 0. The lowest BCUT2D eigenvalue weighted by molar-refractivity contribution is -0.136. The number of piperidine rings is 1. The Hall–Kier alpha value is -3.23. The number of nitrogens with one attached hydrogen (secondary N) is 2. The van der Waals surface area contributed by atoms with Gasteiger partial charge in [-0.2, -0.15) is 0 Å². The van der Waals surface area contributed by atoms with Crippen molar-refractivity contribution in [2.24, 2.45) is 0 Å². The van der Waals surface area contributed by atoms with Gasteiger partial charge in [0.1, 0.15) is 6.04 Å². The van der Waals surface area contributed by atoms with Crippen LogP contribution in [0, 0.1) is 0 Å². The van der Waals surface area contributed by atoms with Crippen molar-refractivity contribution in [3.8, 4) is 0 Å². The number of imide groups is 1. The van der Waals surface area contributed by atoms with E-state index in [2.05, 4.69) is 15.5 Å². The molecule has 0 aliphatic carbocycles. The maximum atomic E-state index is 13.1. The first-order valence-corrected chi connectivity index (χ1v) is 11.1. The number of hydrogen-bond acceptors (Lipinski definition) is 6. The number of ether oxygens (including phenoxy) is 1. The van der Waals surface area contributed by atoms with E-state index in [0.717, 1.165) is 0 Å². The molecule has 0 saturated carbocycles. The normalized spacial score (nSPS) is 22.8. The van der Waals surface area contributed by atoms with Crippen LogP contribution in [0.1, 0.15) is 45.4 Å². The molecule has 0 spiro atoms. The standard InChI is InChI=1S/C25H28N4O4/c30-23-9-8-22(24(31)27-23)29-16-20-19(25(29)32)6-3-7-21(20)26-14-17-4-1-2-5-18(17)15-28-10-12-33-13-11-28/h1-7,22,26H,8-16H2,(H,27,30,31)/i1D,2D,4D,5D. The van der Waals surface area contributed by atoms with Gasteiger partial charge in [-0.3, -0.25) is 24.6 Å². The summed E-state index contributed by atoms with van der Waals surface area (Å²) in [5, 5.41) is 5.60. The zero-order valence-corrected chi connectivity index (χ0v) is 18.2. The number of amides is 3. The van der Waals surface area contributed by atoms with Crippen LogP contribution in [0.2, 0.25) is 0 Å². The fourth-order valence-corrected chi connectivity index (χ4v) is 4.57. The molecule has 8 nitrogen and oxygen atoms in total. The average Bonchev–Trinajstić information content (AvgIpc) is 3.23. The van der Waals surface area contributed by atoms with Crippen molar-refractivity contribution in [2.75, 3.05) is 31.6 Å². The summed E-state index contributed by atoms with van der Waals surface area (Å²) in [4.78, 5) is 40.7. The van der Waals surface area contributed by atoms with Gasteiger partial charge in [-0.15, -0.1) is 0 Å². The number of fused-ring (bicyclic) bond motifs is 1. The Morgan fingerprint density at radius 2 is 1.91 bits per heavy atom. The number of carbonyl (C=O) groups is 3. The quantitative estimate of drug-likeness (QED) is 0.651. The maximum Gasteiger partial charge on any atom is 0.255 e. The Morgan fingerprint density at radius 1 is 1.12 bits per heavy atom. The van der Waals surface area contributed by atoms with E-state index in [0.29, 0.717) is 60.8 Å². The lowest BCUT2D eigenvalue weighted by Gasteiger charge is -2.29. The number of anilines is 1. The molecule has 2 saturated heterocycles. The lowest BCUT2D eigenvalue weighted by Crippen LogP contribution is -2.52. The van der Waals surface area contributed by atoms with Gasteiger partial charge >= 0.3 is 0 Å². The van der Waals surface area contributed by atoms with E-state index in [9.17, 15) is 14.4 Å². The summed E-state index contributed by atoms with van der Waals surface area (Å²) < 4.78 is 38.8. The molecule has 2 aromatic rings. The molecule has 0 radical (unpaired) electrons. The topological polar surface area (TPSA) is 91.0 Å². The summed E-state index contributed by atoms with van der Waals surface area (Å²) in [6.45, 7) is 3.24. The first kappa shape index (κ1) is 17.3. The van der Waals surface area contributed by atoms with Crippen molar-refractivity contribution in [3.05, 3.63) is 64.6 Å². The third-order valence-electron chi connectivity index (χ3n) is 6.38. The minimum atomic E-state index is -0.716. The molecule has 8 heteroatoms. The number of benzene rings is 2. The molecule has 2 aromatic carbocycles. The van der Waals surface area contributed by atoms with E-state index in [1.165, 1.54) is 4.90 Å². The number of rotatable bonds is 6. The van der Waals surface area contributed by atoms with Crippen LogP contribution in [0.3, 0.4) is 0 Å². The van der Waals surface area contributed by atoms with Gasteiger partial charge in [0.25, 0.3) is 5.91 Å². The minimum Gasteiger partial charge on any atom is -0.381 e. The van der Waals surface area contributed by atoms with Crippen molar-refractivity contribution in [1.82, 2.24) is 15.1 Å². The monoisotopic (exact) mass is 452 g/mol. The third kappa shape index (κ3) is 4.49. The van der Waals surface area contributed by atoms with Gasteiger partial charge in [0.15, 0.2) is 0 Å². The summed E-state index contributed by atoms with van der Waals surface area (Å²) in [6.07, 6.45) is 0.453. The molecule has 33 heavy (non-hydrogen) atoms. The van der Waals surface area contributed by atoms with E-state index >= 15 is 0 Å². The summed E-state index contributed by atoms with van der Waals surface area (Å²) in [7, 11) is 0. The van der Waals surface area contributed by atoms with Crippen LogP contribution in [0.25, 0.3) is 0 Å². The maximum absolute atomic E-state index is 13.1. The second kappa shape index (κ2) is 9.33. The summed E-state index contributed by atoms with van der Waals surface area (Å²) in [6, 6.07) is 3.84.